The van der Waals surface area contributed by atoms with Crippen LogP contribution >= 0.6 is 11.6 Å². The van der Waals surface area contributed by atoms with Crippen LogP contribution in [-0.2, 0) is 0 Å². The van der Waals surface area contributed by atoms with Gasteiger partial charge in [0.05, 0.1) is 12.6 Å². The monoisotopic (exact) mass is 312 g/mol. The van der Waals surface area contributed by atoms with Crippen molar-refractivity contribution in [2.45, 2.75) is 58.2 Å². The lowest BCUT2D eigenvalue weighted by molar-refractivity contribution is 0.0814. The van der Waals surface area contributed by atoms with Crippen molar-refractivity contribution < 1.29 is 5.11 Å². The molecule has 0 saturated carbocycles. The topological polar surface area (TPSA) is 49.5 Å². The molecule has 1 aromatic rings. The molecule has 0 amide bonds. The Morgan fingerprint density at radius 3 is 2.10 bits per heavy atom. The molecule has 0 aliphatic carbocycles. The maximum atomic E-state index is 9.47. The smallest absolute Gasteiger partial charge is 0.0558 e. The van der Waals surface area contributed by atoms with E-state index in [4.69, 9.17) is 17.3 Å². The molecule has 3 N–H and O–H groups in total. The van der Waals surface area contributed by atoms with Crippen molar-refractivity contribution in [1.82, 2.24) is 4.90 Å². The summed E-state index contributed by atoms with van der Waals surface area (Å²) in [4.78, 5) is 2.36. The van der Waals surface area contributed by atoms with Crippen molar-refractivity contribution in [1.29, 1.82) is 0 Å². The third kappa shape index (κ3) is 4.96. The van der Waals surface area contributed by atoms with E-state index in [1.165, 1.54) is 5.56 Å². The molecule has 2 unspecified atom stereocenters. The average molecular weight is 313 g/mol. The summed E-state index contributed by atoms with van der Waals surface area (Å²) in [7, 11) is 0. The van der Waals surface area contributed by atoms with Gasteiger partial charge in [-0.3, -0.25) is 4.90 Å². The fourth-order valence-corrected chi connectivity index (χ4v) is 3.12. The summed E-state index contributed by atoms with van der Waals surface area (Å²) in [6.07, 6.45) is 3.00. The lowest BCUT2D eigenvalue weighted by Crippen LogP contribution is -2.47. The van der Waals surface area contributed by atoms with Crippen LogP contribution in [0.25, 0.3) is 0 Å². The zero-order chi connectivity index (χ0) is 15.8. The Morgan fingerprint density at radius 1 is 1.10 bits per heavy atom. The van der Waals surface area contributed by atoms with Crippen LogP contribution in [0.2, 0.25) is 5.02 Å². The first-order valence-electron chi connectivity index (χ1n) is 7.96. The molecule has 0 aliphatic heterocycles. The second-order valence-electron chi connectivity index (χ2n) is 5.50. The Kier molecular flexibility index (Phi) is 8.27. The van der Waals surface area contributed by atoms with Gasteiger partial charge in [0.25, 0.3) is 0 Å². The summed E-state index contributed by atoms with van der Waals surface area (Å²) in [6, 6.07) is 8.51. The quantitative estimate of drug-likeness (QED) is 0.732. The highest BCUT2D eigenvalue weighted by molar-refractivity contribution is 6.30. The molecule has 1 rings (SSSR count). The predicted octanol–water partition coefficient (Wildman–Crippen LogP) is 3.60. The number of halogens is 1. The molecule has 0 aromatic heterocycles. The SMILES string of the molecule is CCC(N)C(c1ccc(Cl)cc1)N(CCO)C(CC)CC. The second-order valence-corrected chi connectivity index (χ2v) is 5.94. The average Bonchev–Trinajstić information content (AvgIpc) is 2.50. The van der Waals surface area contributed by atoms with Gasteiger partial charge in [0.2, 0.25) is 0 Å². The number of nitrogens with two attached hydrogens (primary N) is 1. The van der Waals surface area contributed by atoms with E-state index < -0.39 is 0 Å². The fraction of sp³-hybridized carbons (Fsp3) is 0.647. The molecule has 0 radical (unpaired) electrons. The normalized spacial score (nSPS) is 14.7. The molecule has 0 bridgehead atoms. The lowest BCUT2D eigenvalue weighted by atomic mass is 9.93. The van der Waals surface area contributed by atoms with E-state index in [0.717, 1.165) is 24.3 Å². The van der Waals surface area contributed by atoms with E-state index in [1.54, 1.807) is 0 Å². The van der Waals surface area contributed by atoms with Gasteiger partial charge in [-0.05, 0) is 37.0 Å². The summed E-state index contributed by atoms with van der Waals surface area (Å²) in [5.74, 6) is 0. The van der Waals surface area contributed by atoms with Gasteiger partial charge in [-0.1, -0.05) is 44.5 Å². The van der Waals surface area contributed by atoms with Crippen molar-refractivity contribution in [3.8, 4) is 0 Å². The highest BCUT2D eigenvalue weighted by Crippen LogP contribution is 2.29. The minimum Gasteiger partial charge on any atom is -0.395 e. The van der Waals surface area contributed by atoms with Crippen molar-refractivity contribution in [3.63, 3.8) is 0 Å². The van der Waals surface area contributed by atoms with Crippen LogP contribution < -0.4 is 5.73 Å². The van der Waals surface area contributed by atoms with Gasteiger partial charge in [0, 0.05) is 23.7 Å². The standard InChI is InChI=1S/C17H29ClN2O/c1-4-15(5-2)20(11-12-21)17(16(19)6-3)13-7-9-14(18)10-8-13/h7-10,15-17,21H,4-6,11-12,19H2,1-3H3. The molecular formula is C17H29ClN2O. The van der Waals surface area contributed by atoms with Gasteiger partial charge in [0.1, 0.15) is 0 Å². The third-order valence-corrected chi connectivity index (χ3v) is 4.47. The van der Waals surface area contributed by atoms with Crippen LogP contribution in [0.15, 0.2) is 24.3 Å². The molecule has 0 spiro atoms. The van der Waals surface area contributed by atoms with E-state index in [9.17, 15) is 5.11 Å². The third-order valence-electron chi connectivity index (χ3n) is 4.22. The number of rotatable bonds is 9. The molecule has 0 heterocycles. The molecule has 2 atom stereocenters. The summed E-state index contributed by atoms with van der Waals surface area (Å²) in [5.41, 5.74) is 7.58. The van der Waals surface area contributed by atoms with Crippen LogP contribution in [0.4, 0.5) is 0 Å². The predicted molar refractivity (Wildman–Crippen MR) is 90.6 cm³/mol. The first-order chi connectivity index (χ1) is 10.1. The van der Waals surface area contributed by atoms with Gasteiger partial charge >= 0.3 is 0 Å². The Balaban J connectivity index is 3.15. The van der Waals surface area contributed by atoms with Gasteiger partial charge in [-0.2, -0.15) is 0 Å². The molecule has 21 heavy (non-hydrogen) atoms. The molecule has 4 heteroatoms. The molecular weight excluding hydrogens is 284 g/mol. The molecule has 0 saturated heterocycles. The largest absolute Gasteiger partial charge is 0.395 e. The Hall–Kier alpha value is -0.610. The van der Waals surface area contributed by atoms with Gasteiger partial charge in [0.15, 0.2) is 0 Å². The molecule has 120 valence electrons. The number of nitrogens with zero attached hydrogens (tertiary/aromatic N) is 1. The number of aliphatic hydroxyl groups excluding tert-OH is 1. The first-order valence-corrected chi connectivity index (χ1v) is 8.34. The van der Waals surface area contributed by atoms with Crippen molar-refractivity contribution in [2.75, 3.05) is 13.2 Å². The van der Waals surface area contributed by atoms with Crippen LogP contribution in [0.5, 0.6) is 0 Å². The summed E-state index contributed by atoms with van der Waals surface area (Å²) in [5, 5.41) is 10.2. The van der Waals surface area contributed by atoms with Crippen LogP contribution in [-0.4, -0.2) is 35.2 Å². The highest BCUT2D eigenvalue weighted by atomic mass is 35.5. The zero-order valence-electron chi connectivity index (χ0n) is 13.4. The van der Waals surface area contributed by atoms with E-state index in [1.807, 2.05) is 12.1 Å². The maximum Gasteiger partial charge on any atom is 0.0558 e. The number of benzene rings is 1. The van der Waals surface area contributed by atoms with Crippen LogP contribution in [0, 0.1) is 0 Å². The lowest BCUT2D eigenvalue weighted by Gasteiger charge is -2.40. The van der Waals surface area contributed by atoms with Crippen LogP contribution in [0.3, 0.4) is 0 Å². The van der Waals surface area contributed by atoms with Gasteiger partial charge in [-0.25, -0.2) is 0 Å². The number of hydrogen-bond acceptors (Lipinski definition) is 3. The van der Waals surface area contributed by atoms with E-state index in [0.29, 0.717) is 12.6 Å². The van der Waals surface area contributed by atoms with Crippen LogP contribution in [0.1, 0.15) is 51.6 Å². The number of hydrogen-bond donors (Lipinski definition) is 2. The van der Waals surface area contributed by atoms with E-state index in [-0.39, 0.29) is 18.7 Å². The van der Waals surface area contributed by atoms with E-state index in [2.05, 4.69) is 37.8 Å². The Morgan fingerprint density at radius 2 is 1.67 bits per heavy atom. The Labute approximate surface area is 134 Å². The molecule has 1 aromatic carbocycles. The van der Waals surface area contributed by atoms with Gasteiger partial charge in [-0.15, -0.1) is 0 Å². The summed E-state index contributed by atoms with van der Waals surface area (Å²) >= 11 is 6.00. The van der Waals surface area contributed by atoms with Crippen molar-refractivity contribution in [3.05, 3.63) is 34.9 Å². The zero-order valence-corrected chi connectivity index (χ0v) is 14.2. The highest BCUT2D eigenvalue weighted by Gasteiger charge is 2.29. The fourth-order valence-electron chi connectivity index (χ4n) is 2.99. The van der Waals surface area contributed by atoms with Crippen molar-refractivity contribution >= 4 is 11.6 Å². The molecule has 0 fully saturated rings. The summed E-state index contributed by atoms with van der Waals surface area (Å²) in [6.45, 7) is 7.28. The van der Waals surface area contributed by atoms with E-state index >= 15 is 0 Å². The maximum absolute atomic E-state index is 9.47. The first kappa shape index (κ1) is 18.4. The minimum absolute atomic E-state index is 0.0401. The molecule has 0 aliphatic rings. The van der Waals surface area contributed by atoms with Crippen molar-refractivity contribution in [2.24, 2.45) is 5.73 Å². The minimum atomic E-state index is 0.0401. The second kappa shape index (κ2) is 9.42. The molecule has 3 nitrogen and oxygen atoms in total. The number of aliphatic hydroxyl groups is 1. The van der Waals surface area contributed by atoms with Gasteiger partial charge < -0.3 is 10.8 Å². The Bertz CT molecular complexity index is 392. The summed E-state index contributed by atoms with van der Waals surface area (Å²) < 4.78 is 0.